The van der Waals surface area contributed by atoms with E-state index < -0.39 is 0 Å². The molecule has 0 aromatic carbocycles. The molecule has 3 rings (SSSR count). The molecule has 8 heteroatoms. The van der Waals surface area contributed by atoms with Gasteiger partial charge in [-0.1, -0.05) is 0 Å². The fourth-order valence-corrected chi connectivity index (χ4v) is 4.07. The van der Waals surface area contributed by atoms with E-state index in [-0.39, 0.29) is 25.0 Å². The van der Waals surface area contributed by atoms with Crippen LogP contribution in [0.15, 0.2) is 18.3 Å². The molecular weight excluding hydrogens is 372 g/mol. The monoisotopic (exact) mass is 392 g/mol. The van der Waals surface area contributed by atoms with Crippen molar-refractivity contribution in [3.8, 4) is 23.4 Å². The molecule has 3 aromatic heterocycles. The van der Waals surface area contributed by atoms with E-state index in [4.69, 9.17) is 15.5 Å². The highest BCUT2D eigenvalue weighted by Crippen LogP contribution is 2.32. The highest BCUT2D eigenvalue weighted by atomic mass is 32.1. The van der Waals surface area contributed by atoms with Crippen molar-refractivity contribution in [2.45, 2.75) is 33.7 Å². The summed E-state index contributed by atoms with van der Waals surface area (Å²) < 4.78 is 1.78. The topological polar surface area (TPSA) is 98.6 Å². The van der Waals surface area contributed by atoms with Crippen molar-refractivity contribution in [2.24, 2.45) is 0 Å². The molecule has 7 nitrogen and oxygen atoms in total. The number of hydrogen-bond donors (Lipinski definition) is 0. The lowest BCUT2D eigenvalue weighted by Crippen LogP contribution is -2.32. The first kappa shape index (κ1) is 19.5. The number of aromatic nitrogens is 3. The summed E-state index contributed by atoms with van der Waals surface area (Å²) in [5, 5.41) is 23.1. The largest absolute Gasteiger partial charge is 0.312 e. The van der Waals surface area contributed by atoms with Crippen molar-refractivity contribution in [1.82, 2.24) is 19.7 Å². The summed E-state index contributed by atoms with van der Waals surface area (Å²) in [6, 6.07) is 7.78. The van der Waals surface area contributed by atoms with E-state index in [1.807, 2.05) is 39.8 Å². The lowest BCUT2D eigenvalue weighted by molar-refractivity contribution is 0.0796. The lowest BCUT2D eigenvalue weighted by atomic mass is 10.1. The molecule has 0 aliphatic heterocycles. The molecule has 0 aliphatic rings. The molecule has 0 saturated heterocycles. The third kappa shape index (κ3) is 3.47. The van der Waals surface area contributed by atoms with Gasteiger partial charge in [0.25, 0.3) is 5.91 Å². The summed E-state index contributed by atoms with van der Waals surface area (Å²) in [6.45, 7) is 7.75. The lowest BCUT2D eigenvalue weighted by Gasteiger charge is -2.17. The third-order valence-electron chi connectivity index (χ3n) is 4.41. The van der Waals surface area contributed by atoms with Gasteiger partial charge in [-0.3, -0.25) is 4.79 Å². The van der Waals surface area contributed by atoms with Crippen LogP contribution in [0.2, 0.25) is 0 Å². The van der Waals surface area contributed by atoms with Crippen molar-refractivity contribution in [1.29, 1.82) is 10.5 Å². The molecule has 0 aliphatic carbocycles. The van der Waals surface area contributed by atoms with E-state index in [2.05, 4.69) is 11.2 Å². The van der Waals surface area contributed by atoms with Crippen LogP contribution >= 0.6 is 11.3 Å². The molecule has 0 spiro atoms. The van der Waals surface area contributed by atoms with Crippen molar-refractivity contribution in [2.75, 3.05) is 13.1 Å². The zero-order valence-electron chi connectivity index (χ0n) is 16.2. The third-order valence-corrected chi connectivity index (χ3v) is 5.38. The number of thiophene rings is 1. The summed E-state index contributed by atoms with van der Waals surface area (Å²) in [5.74, 6) is -0.371. The Morgan fingerprint density at radius 2 is 1.93 bits per heavy atom. The summed E-state index contributed by atoms with van der Waals surface area (Å²) >= 11 is 1.67. The van der Waals surface area contributed by atoms with Crippen LogP contribution in [-0.4, -0.2) is 38.7 Å². The maximum Gasteiger partial charge on any atom is 0.256 e. The number of carbonyl (C=O) groups excluding carboxylic acids is 1. The Kier molecular flexibility index (Phi) is 5.43. The van der Waals surface area contributed by atoms with E-state index >= 15 is 0 Å². The maximum atomic E-state index is 13.2. The van der Waals surface area contributed by atoms with Crippen LogP contribution in [0.3, 0.4) is 0 Å². The summed E-state index contributed by atoms with van der Waals surface area (Å²) in [4.78, 5) is 21.5. The van der Waals surface area contributed by atoms with Crippen molar-refractivity contribution in [3.05, 3.63) is 33.6 Å². The van der Waals surface area contributed by atoms with Gasteiger partial charge in [-0.2, -0.15) is 15.6 Å². The Balaban J connectivity index is 2.26. The first-order valence-electron chi connectivity index (χ1n) is 8.86. The Hall–Kier alpha value is -3.23. The second-order valence-corrected chi connectivity index (χ2v) is 8.24. The van der Waals surface area contributed by atoms with Crippen LogP contribution < -0.4 is 0 Å². The van der Waals surface area contributed by atoms with Gasteiger partial charge in [0.15, 0.2) is 5.65 Å². The zero-order chi connectivity index (χ0) is 20.4. The summed E-state index contributed by atoms with van der Waals surface area (Å²) in [7, 11) is 0. The van der Waals surface area contributed by atoms with Gasteiger partial charge in [0.2, 0.25) is 0 Å². The number of carbonyl (C=O) groups is 1. The molecule has 3 aromatic rings. The number of nitrogens with zero attached hydrogens (tertiary/aromatic N) is 6. The van der Waals surface area contributed by atoms with Crippen LogP contribution in [0.4, 0.5) is 0 Å². The van der Waals surface area contributed by atoms with Gasteiger partial charge in [0.1, 0.15) is 13.1 Å². The average molecular weight is 392 g/mol. The minimum Gasteiger partial charge on any atom is -0.312 e. The van der Waals surface area contributed by atoms with Crippen LogP contribution in [0.1, 0.15) is 40.0 Å². The fourth-order valence-electron chi connectivity index (χ4n) is 3.14. The van der Waals surface area contributed by atoms with Gasteiger partial charge >= 0.3 is 0 Å². The van der Waals surface area contributed by atoms with Crippen LogP contribution in [-0.2, 0) is 0 Å². The number of hydrogen-bond acceptors (Lipinski definition) is 6. The number of amides is 1. The first-order chi connectivity index (χ1) is 13.4. The number of nitriles is 2. The molecule has 0 fully saturated rings. The molecule has 0 radical (unpaired) electrons. The zero-order valence-corrected chi connectivity index (χ0v) is 17.0. The minimum absolute atomic E-state index is 0.0721. The summed E-state index contributed by atoms with van der Waals surface area (Å²) in [6.07, 6.45) is 1.63. The van der Waals surface area contributed by atoms with E-state index in [1.165, 1.54) is 4.90 Å². The highest BCUT2D eigenvalue weighted by Gasteiger charge is 2.23. The number of aryl methyl sites for hydroxylation is 2. The predicted molar refractivity (Wildman–Crippen MR) is 108 cm³/mol. The van der Waals surface area contributed by atoms with Gasteiger partial charge in [-0.05, 0) is 39.8 Å². The van der Waals surface area contributed by atoms with E-state index in [0.29, 0.717) is 22.3 Å². The summed E-state index contributed by atoms with van der Waals surface area (Å²) in [5.41, 5.74) is 2.68. The van der Waals surface area contributed by atoms with Crippen molar-refractivity contribution >= 4 is 28.3 Å². The molecule has 0 saturated carbocycles. The Morgan fingerprint density at radius 1 is 1.25 bits per heavy atom. The standard InChI is InChI=1S/C20H20N6OS/c1-12(2)26-19-17(11-23-26)16(20(27)25(7-5-21)8-6-22)10-18(24-19)15-9-13(3)28-14(15)4/h9-12H,7-8H2,1-4H3. The van der Waals surface area contributed by atoms with Crippen LogP contribution in [0.25, 0.3) is 22.3 Å². The predicted octanol–water partition coefficient (Wildman–Crippen LogP) is 3.85. The highest BCUT2D eigenvalue weighted by molar-refractivity contribution is 7.12. The Morgan fingerprint density at radius 3 is 2.46 bits per heavy atom. The van der Waals surface area contributed by atoms with E-state index in [9.17, 15) is 4.79 Å². The Bertz CT molecular complexity index is 1110. The van der Waals surface area contributed by atoms with Crippen LogP contribution in [0.5, 0.6) is 0 Å². The van der Waals surface area contributed by atoms with Gasteiger partial charge < -0.3 is 4.90 Å². The average Bonchev–Trinajstić information content (AvgIpc) is 3.22. The quantitative estimate of drug-likeness (QED) is 0.614. The smallest absolute Gasteiger partial charge is 0.256 e. The Labute approximate surface area is 167 Å². The second kappa shape index (κ2) is 7.79. The molecule has 142 valence electrons. The van der Waals surface area contributed by atoms with Crippen molar-refractivity contribution in [3.63, 3.8) is 0 Å². The molecule has 28 heavy (non-hydrogen) atoms. The van der Waals surface area contributed by atoms with Gasteiger partial charge in [0, 0.05) is 21.4 Å². The first-order valence-corrected chi connectivity index (χ1v) is 9.67. The molecule has 1 amide bonds. The van der Waals surface area contributed by atoms with Crippen molar-refractivity contribution < 1.29 is 4.79 Å². The molecule has 3 heterocycles. The van der Waals surface area contributed by atoms with Gasteiger partial charge in [-0.25, -0.2) is 9.67 Å². The van der Waals surface area contributed by atoms with E-state index in [0.717, 1.165) is 15.3 Å². The van der Waals surface area contributed by atoms with Crippen LogP contribution in [0, 0.1) is 36.5 Å². The molecule has 0 unspecified atom stereocenters. The van der Waals surface area contributed by atoms with E-state index in [1.54, 1.807) is 28.3 Å². The van der Waals surface area contributed by atoms with Gasteiger partial charge in [-0.15, -0.1) is 11.3 Å². The second-order valence-electron chi connectivity index (χ2n) is 6.78. The maximum absolute atomic E-state index is 13.2. The fraction of sp³-hybridized carbons (Fsp3) is 0.350. The van der Waals surface area contributed by atoms with Gasteiger partial charge in [0.05, 0.1) is 35.0 Å². The normalized spacial score (nSPS) is 10.8. The molecule has 0 N–H and O–H groups in total. The number of pyridine rings is 1. The number of rotatable bonds is 5. The SMILES string of the molecule is Cc1cc(-c2cc(C(=O)N(CC#N)CC#N)c3cnn(C(C)C)c3n2)c(C)s1. The molecule has 0 bridgehead atoms. The number of fused-ring (bicyclic) bond motifs is 1. The molecule has 0 atom stereocenters. The molecular formula is C20H20N6OS. The minimum atomic E-state index is -0.371.